The van der Waals surface area contributed by atoms with Crippen LogP contribution in [0.25, 0.3) is 0 Å². The van der Waals surface area contributed by atoms with Gasteiger partial charge in [0.25, 0.3) is 5.24 Å². The smallest absolute Gasteiger partial charge is 0.323 e. The molecule has 0 saturated carbocycles. The van der Waals surface area contributed by atoms with Crippen molar-refractivity contribution in [1.29, 1.82) is 0 Å². The number of carbonyl (C=O) groups excluding carboxylic acids is 1. The van der Waals surface area contributed by atoms with Gasteiger partial charge in [0.2, 0.25) is 5.52 Å². The Balaban J connectivity index is 4.90. The molecule has 0 rings (SSSR count). The Morgan fingerprint density at radius 2 is 1.46 bits per heavy atom. The highest BCUT2D eigenvalue weighted by atomic mass is 32.1. The van der Waals surface area contributed by atoms with Crippen LogP contribution in [0.5, 0.6) is 0 Å². The molecule has 0 aromatic carbocycles. The molecule has 13 heavy (non-hydrogen) atoms. The average molecular weight is 251 g/mol. The SMILES string of the molecule is O=C(S)NC(P(=O)(O)O)P(=O)(O)O. The molecule has 0 aromatic rings. The highest BCUT2D eigenvalue weighted by Gasteiger charge is 2.44. The van der Waals surface area contributed by atoms with E-state index in [1.54, 1.807) is 0 Å². The molecule has 0 aromatic heterocycles. The van der Waals surface area contributed by atoms with Gasteiger partial charge in [-0.15, -0.1) is 0 Å². The van der Waals surface area contributed by atoms with Crippen LogP contribution in [0.1, 0.15) is 0 Å². The van der Waals surface area contributed by atoms with Gasteiger partial charge in [0.05, 0.1) is 0 Å². The summed E-state index contributed by atoms with van der Waals surface area (Å²) in [5.41, 5.74) is -2.54. The van der Waals surface area contributed by atoms with E-state index in [4.69, 9.17) is 19.6 Å². The second kappa shape index (κ2) is 4.10. The van der Waals surface area contributed by atoms with Crippen LogP contribution in [-0.2, 0) is 9.13 Å². The fraction of sp³-hybridized carbons (Fsp3) is 0.500. The molecular formula is C2H7NO7P2S. The van der Waals surface area contributed by atoms with E-state index < -0.39 is 26.0 Å². The maximum atomic E-state index is 10.5. The van der Waals surface area contributed by atoms with E-state index in [0.717, 1.165) is 0 Å². The van der Waals surface area contributed by atoms with Crippen LogP contribution in [0.4, 0.5) is 4.79 Å². The summed E-state index contributed by atoms with van der Waals surface area (Å²) in [6, 6.07) is 0. The highest BCUT2D eigenvalue weighted by molar-refractivity contribution is 7.96. The molecule has 0 aliphatic carbocycles. The fourth-order valence-electron chi connectivity index (χ4n) is 0.475. The molecule has 5 N–H and O–H groups in total. The number of rotatable bonds is 3. The minimum Gasteiger partial charge on any atom is -0.323 e. The van der Waals surface area contributed by atoms with Crippen molar-refractivity contribution < 1.29 is 33.5 Å². The molecule has 0 aliphatic heterocycles. The van der Waals surface area contributed by atoms with E-state index in [-0.39, 0.29) is 0 Å². The molecule has 78 valence electrons. The van der Waals surface area contributed by atoms with Gasteiger partial charge in [-0.3, -0.25) is 13.9 Å². The van der Waals surface area contributed by atoms with E-state index in [9.17, 15) is 13.9 Å². The highest BCUT2D eigenvalue weighted by Crippen LogP contribution is 2.58. The third kappa shape index (κ3) is 4.78. The molecule has 0 fully saturated rings. The number of thiol groups is 1. The van der Waals surface area contributed by atoms with Gasteiger partial charge in [-0.1, -0.05) is 12.6 Å². The Kier molecular flexibility index (Phi) is 4.14. The van der Waals surface area contributed by atoms with E-state index in [2.05, 4.69) is 12.6 Å². The maximum absolute atomic E-state index is 10.5. The van der Waals surface area contributed by atoms with Crippen molar-refractivity contribution in [3.05, 3.63) is 0 Å². The summed E-state index contributed by atoms with van der Waals surface area (Å²) in [5.74, 6) is 0. The number of carbonyl (C=O) groups is 1. The van der Waals surface area contributed by atoms with Gasteiger partial charge in [0.1, 0.15) is 0 Å². The van der Waals surface area contributed by atoms with E-state index >= 15 is 0 Å². The van der Waals surface area contributed by atoms with Crippen molar-refractivity contribution in [3.63, 3.8) is 0 Å². The predicted octanol–water partition coefficient (Wildman–Crippen LogP) is -0.735. The first-order chi connectivity index (χ1) is 5.55. The largest absolute Gasteiger partial charge is 0.360 e. The maximum Gasteiger partial charge on any atom is 0.360 e. The Morgan fingerprint density at radius 1 is 1.15 bits per heavy atom. The van der Waals surface area contributed by atoms with Gasteiger partial charge >= 0.3 is 15.2 Å². The molecular weight excluding hydrogens is 244 g/mol. The molecule has 0 radical (unpaired) electrons. The quantitative estimate of drug-likeness (QED) is 0.286. The normalized spacial score (nSPS) is 13.1. The molecule has 8 nitrogen and oxygen atoms in total. The molecule has 0 atom stereocenters. The van der Waals surface area contributed by atoms with Gasteiger partial charge in [-0.05, 0) is 0 Å². The Bertz CT molecular complexity index is 269. The van der Waals surface area contributed by atoms with E-state index in [0.29, 0.717) is 0 Å². The van der Waals surface area contributed by atoms with Crippen molar-refractivity contribution >= 4 is 33.1 Å². The number of amides is 1. The van der Waals surface area contributed by atoms with Crippen LogP contribution in [0.2, 0.25) is 0 Å². The van der Waals surface area contributed by atoms with Crippen LogP contribution in [0.15, 0.2) is 0 Å². The predicted molar refractivity (Wildman–Crippen MR) is 45.4 cm³/mol. The molecule has 0 heterocycles. The van der Waals surface area contributed by atoms with Crippen LogP contribution in [0.3, 0.4) is 0 Å². The van der Waals surface area contributed by atoms with Crippen molar-refractivity contribution in [2.24, 2.45) is 0 Å². The third-order valence-corrected chi connectivity index (χ3v) is 4.36. The lowest BCUT2D eigenvalue weighted by atomic mass is 11.2. The number of hydrogen-bond acceptors (Lipinski definition) is 3. The lowest BCUT2D eigenvalue weighted by Crippen LogP contribution is -2.30. The summed E-state index contributed by atoms with van der Waals surface area (Å²) in [6.45, 7) is 0. The van der Waals surface area contributed by atoms with Crippen molar-refractivity contribution in [2.45, 2.75) is 5.52 Å². The second-order valence-electron chi connectivity index (χ2n) is 2.00. The third-order valence-electron chi connectivity index (χ3n) is 0.890. The molecule has 11 heteroatoms. The molecule has 0 aliphatic rings. The van der Waals surface area contributed by atoms with Crippen LogP contribution >= 0.6 is 27.8 Å². The standard InChI is InChI=1S/C2H7NO7P2S/c4-1(13)3-2(11(5,6)7)12(8,9)10/h2H,(H2,3,4,13)(H2,5,6,7)(H2,8,9,10). The zero-order chi connectivity index (χ0) is 10.9. The first-order valence-corrected chi connectivity index (χ1v) is 6.46. The molecule has 0 unspecified atom stereocenters. The summed E-state index contributed by atoms with van der Waals surface area (Å²) in [7, 11) is -10.2. The Morgan fingerprint density at radius 3 is 1.54 bits per heavy atom. The topological polar surface area (TPSA) is 144 Å². The lowest BCUT2D eigenvalue weighted by molar-refractivity contribution is 0.257. The minimum absolute atomic E-state index is 1.24. The van der Waals surface area contributed by atoms with Crippen LogP contribution in [-0.4, -0.2) is 30.3 Å². The zero-order valence-corrected chi connectivity index (χ0v) is 8.62. The molecule has 0 saturated heterocycles. The van der Waals surface area contributed by atoms with Gasteiger partial charge in [-0.25, -0.2) is 0 Å². The monoisotopic (exact) mass is 251 g/mol. The van der Waals surface area contributed by atoms with E-state index in [1.807, 2.05) is 0 Å². The summed E-state index contributed by atoms with van der Waals surface area (Å²) >= 11 is 3.06. The first kappa shape index (κ1) is 13.1. The number of nitrogens with one attached hydrogen (secondary N) is 1. The van der Waals surface area contributed by atoms with Gasteiger partial charge in [0.15, 0.2) is 0 Å². The Labute approximate surface area is 78.1 Å². The summed E-state index contributed by atoms with van der Waals surface area (Å²) < 4.78 is 20.9. The first-order valence-electron chi connectivity index (χ1n) is 2.65. The van der Waals surface area contributed by atoms with Crippen molar-refractivity contribution in [1.82, 2.24) is 5.32 Å². The number of hydrogen-bond donors (Lipinski definition) is 6. The average Bonchev–Trinajstić information content (AvgIpc) is 1.77. The summed E-state index contributed by atoms with van der Waals surface area (Å²) in [4.78, 5) is 43.9. The zero-order valence-electron chi connectivity index (χ0n) is 5.93. The molecule has 1 amide bonds. The lowest BCUT2D eigenvalue weighted by Gasteiger charge is -2.19. The van der Waals surface area contributed by atoms with Crippen LogP contribution in [0, 0.1) is 0 Å². The molecule has 0 bridgehead atoms. The summed E-state index contributed by atoms with van der Waals surface area (Å²) in [5, 5.41) is 0.120. The fourth-order valence-corrected chi connectivity index (χ4v) is 2.95. The molecule has 0 spiro atoms. The summed E-state index contributed by atoms with van der Waals surface area (Å²) in [6.07, 6.45) is 0. The van der Waals surface area contributed by atoms with Gasteiger partial charge in [0, 0.05) is 0 Å². The van der Waals surface area contributed by atoms with Gasteiger partial charge < -0.3 is 24.9 Å². The van der Waals surface area contributed by atoms with Crippen molar-refractivity contribution in [3.8, 4) is 0 Å². The van der Waals surface area contributed by atoms with Crippen LogP contribution < -0.4 is 5.32 Å². The minimum atomic E-state index is -5.10. The van der Waals surface area contributed by atoms with E-state index in [1.165, 1.54) is 5.32 Å². The Hall–Kier alpha value is 0.120. The van der Waals surface area contributed by atoms with Crippen molar-refractivity contribution in [2.75, 3.05) is 0 Å². The van der Waals surface area contributed by atoms with Gasteiger partial charge in [-0.2, -0.15) is 0 Å². The second-order valence-corrected chi connectivity index (χ2v) is 6.20.